The lowest BCUT2D eigenvalue weighted by molar-refractivity contribution is 0.0753. The second kappa shape index (κ2) is 7.48. The van der Waals surface area contributed by atoms with Gasteiger partial charge >= 0.3 is 0 Å². The summed E-state index contributed by atoms with van der Waals surface area (Å²) in [6.45, 7) is 2.45. The number of hydrogen-bond acceptors (Lipinski definition) is 5. The maximum Gasteiger partial charge on any atom is 0.258 e. The molecular formula is C18H19N3O3S. The Kier molecular flexibility index (Phi) is 5.14. The molecule has 3 N–H and O–H groups in total. The van der Waals surface area contributed by atoms with E-state index in [-0.39, 0.29) is 12.0 Å². The van der Waals surface area contributed by atoms with Crippen molar-refractivity contribution in [3.05, 3.63) is 46.2 Å². The molecule has 0 saturated heterocycles. The summed E-state index contributed by atoms with van der Waals surface area (Å²) in [7, 11) is 0. The third-order valence-corrected chi connectivity index (χ3v) is 4.94. The standard InChI is InChI=1S/C18H19N3O3S/c1-2-14-8-15(24-21-14)9-20-18(23)12-5-3-4-11(6-12)13-7-16(17(19)22)25-10-13/h3-7,10,15H,2,8-9H2,1H3,(H2,19,22)(H,20,23)/t15-/m0/s1. The topological polar surface area (TPSA) is 93.8 Å². The predicted molar refractivity (Wildman–Crippen MR) is 97.8 cm³/mol. The molecule has 1 aromatic carbocycles. The van der Waals surface area contributed by atoms with Crippen LogP contribution >= 0.6 is 11.3 Å². The highest BCUT2D eigenvalue weighted by atomic mass is 32.1. The van der Waals surface area contributed by atoms with E-state index in [9.17, 15) is 9.59 Å². The number of hydrogen-bond donors (Lipinski definition) is 2. The van der Waals surface area contributed by atoms with Crippen LogP contribution < -0.4 is 11.1 Å². The number of nitrogens with two attached hydrogens (primary N) is 1. The fourth-order valence-electron chi connectivity index (χ4n) is 2.57. The average molecular weight is 357 g/mol. The van der Waals surface area contributed by atoms with Gasteiger partial charge in [0.1, 0.15) is 6.10 Å². The first-order valence-electron chi connectivity index (χ1n) is 8.05. The van der Waals surface area contributed by atoms with Gasteiger partial charge < -0.3 is 15.9 Å². The van der Waals surface area contributed by atoms with Crippen LogP contribution in [0.2, 0.25) is 0 Å². The molecule has 1 atom stereocenters. The highest BCUT2D eigenvalue weighted by molar-refractivity contribution is 7.12. The lowest BCUT2D eigenvalue weighted by atomic mass is 10.0. The molecule has 1 aromatic heterocycles. The monoisotopic (exact) mass is 357 g/mol. The summed E-state index contributed by atoms with van der Waals surface area (Å²) in [6, 6.07) is 9.00. The van der Waals surface area contributed by atoms with Gasteiger partial charge in [-0.05, 0) is 41.1 Å². The van der Waals surface area contributed by atoms with E-state index >= 15 is 0 Å². The molecule has 0 unspecified atom stereocenters. The summed E-state index contributed by atoms with van der Waals surface area (Å²) in [5.74, 6) is -0.615. The average Bonchev–Trinajstić information content (AvgIpc) is 3.29. The number of nitrogens with zero attached hydrogens (tertiary/aromatic N) is 1. The largest absolute Gasteiger partial charge is 0.390 e. The Bertz CT molecular complexity index is 828. The summed E-state index contributed by atoms with van der Waals surface area (Å²) < 4.78 is 0. The van der Waals surface area contributed by atoms with Crippen molar-refractivity contribution < 1.29 is 14.4 Å². The Hall–Kier alpha value is -2.67. The number of primary amides is 1. The molecule has 2 aromatic rings. The molecule has 0 bridgehead atoms. The fourth-order valence-corrected chi connectivity index (χ4v) is 3.34. The first kappa shape index (κ1) is 17.2. The van der Waals surface area contributed by atoms with Crippen molar-refractivity contribution in [1.82, 2.24) is 5.32 Å². The summed E-state index contributed by atoms with van der Waals surface area (Å²) in [5, 5.41) is 8.72. The maximum atomic E-state index is 12.4. The van der Waals surface area contributed by atoms with Crippen molar-refractivity contribution in [3.8, 4) is 11.1 Å². The Morgan fingerprint density at radius 3 is 2.88 bits per heavy atom. The highest BCUT2D eigenvalue weighted by Crippen LogP contribution is 2.26. The van der Waals surface area contributed by atoms with Crippen LogP contribution in [-0.4, -0.2) is 30.2 Å². The fraction of sp³-hybridized carbons (Fsp3) is 0.278. The minimum atomic E-state index is -0.449. The minimum Gasteiger partial charge on any atom is -0.390 e. The third-order valence-electron chi connectivity index (χ3n) is 3.99. The number of rotatable bonds is 6. The Labute approximate surface area is 149 Å². The van der Waals surface area contributed by atoms with Gasteiger partial charge in [0.2, 0.25) is 0 Å². The summed E-state index contributed by atoms with van der Waals surface area (Å²) in [5.41, 5.74) is 8.60. The van der Waals surface area contributed by atoms with Crippen molar-refractivity contribution in [2.45, 2.75) is 25.9 Å². The highest BCUT2D eigenvalue weighted by Gasteiger charge is 2.20. The summed E-state index contributed by atoms with van der Waals surface area (Å²) in [4.78, 5) is 29.4. The van der Waals surface area contributed by atoms with E-state index in [0.29, 0.717) is 17.0 Å². The van der Waals surface area contributed by atoms with Crippen LogP contribution in [-0.2, 0) is 4.84 Å². The first-order chi connectivity index (χ1) is 12.1. The SMILES string of the molecule is CCC1=NO[C@H](CNC(=O)c2cccc(-c3csc(C(N)=O)c3)c2)C1. The second-order valence-electron chi connectivity index (χ2n) is 5.80. The van der Waals surface area contributed by atoms with Crippen LogP contribution in [0.1, 0.15) is 39.8 Å². The lowest BCUT2D eigenvalue weighted by Gasteiger charge is -2.10. The first-order valence-corrected chi connectivity index (χ1v) is 8.93. The zero-order valence-corrected chi connectivity index (χ0v) is 14.6. The Balaban J connectivity index is 1.64. The van der Waals surface area contributed by atoms with Crippen molar-refractivity contribution in [1.29, 1.82) is 0 Å². The molecule has 0 saturated carbocycles. The smallest absolute Gasteiger partial charge is 0.258 e. The van der Waals surface area contributed by atoms with Crippen molar-refractivity contribution in [2.75, 3.05) is 6.54 Å². The van der Waals surface area contributed by atoms with Crippen molar-refractivity contribution in [2.24, 2.45) is 10.9 Å². The zero-order chi connectivity index (χ0) is 17.8. The van der Waals surface area contributed by atoms with Crippen LogP contribution in [0.15, 0.2) is 40.9 Å². The van der Waals surface area contributed by atoms with E-state index in [2.05, 4.69) is 10.5 Å². The maximum absolute atomic E-state index is 12.4. The summed E-state index contributed by atoms with van der Waals surface area (Å²) >= 11 is 1.29. The quantitative estimate of drug-likeness (QED) is 0.832. The zero-order valence-electron chi connectivity index (χ0n) is 13.8. The Morgan fingerprint density at radius 2 is 2.20 bits per heavy atom. The van der Waals surface area contributed by atoms with Gasteiger partial charge in [0.15, 0.2) is 0 Å². The Morgan fingerprint density at radius 1 is 1.36 bits per heavy atom. The summed E-state index contributed by atoms with van der Waals surface area (Å²) in [6.07, 6.45) is 1.51. The van der Waals surface area contributed by atoms with E-state index < -0.39 is 5.91 Å². The molecule has 0 spiro atoms. The van der Waals surface area contributed by atoms with Gasteiger partial charge in [-0.2, -0.15) is 0 Å². The van der Waals surface area contributed by atoms with Gasteiger partial charge in [-0.15, -0.1) is 11.3 Å². The van der Waals surface area contributed by atoms with Crippen LogP contribution in [0.3, 0.4) is 0 Å². The normalized spacial score (nSPS) is 16.2. The molecule has 2 amide bonds. The van der Waals surface area contributed by atoms with E-state index in [0.717, 1.165) is 29.7 Å². The number of benzene rings is 1. The van der Waals surface area contributed by atoms with E-state index in [1.54, 1.807) is 18.2 Å². The van der Waals surface area contributed by atoms with Crippen molar-refractivity contribution >= 4 is 28.9 Å². The number of thiophene rings is 1. The van der Waals surface area contributed by atoms with Crippen LogP contribution in [0.25, 0.3) is 11.1 Å². The number of carbonyl (C=O) groups excluding carboxylic acids is 2. The van der Waals surface area contributed by atoms with Gasteiger partial charge in [0, 0.05) is 12.0 Å². The minimum absolute atomic E-state index is 0.0999. The van der Waals surface area contributed by atoms with Crippen molar-refractivity contribution in [3.63, 3.8) is 0 Å². The van der Waals surface area contributed by atoms with E-state index in [1.165, 1.54) is 11.3 Å². The third kappa shape index (κ3) is 4.06. The molecule has 2 heterocycles. The molecular weight excluding hydrogens is 338 g/mol. The van der Waals surface area contributed by atoms with Gasteiger partial charge in [-0.1, -0.05) is 24.2 Å². The van der Waals surface area contributed by atoms with Gasteiger partial charge in [-0.3, -0.25) is 9.59 Å². The molecule has 6 nitrogen and oxygen atoms in total. The molecule has 25 heavy (non-hydrogen) atoms. The molecule has 7 heteroatoms. The van der Waals surface area contributed by atoms with Crippen LogP contribution in [0.4, 0.5) is 0 Å². The van der Waals surface area contributed by atoms with Gasteiger partial charge in [0.05, 0.1) is 17.1 Å². The van der Waals surface area contributed by atoms with Crippen LogP contribution in [0, 0.1) is 0 Å². The number of carbonyl (C=O) groups is 2. The number of nitrogens with one attached hydrogen (secondary N) is 1. The number of oxime groups is 1. The lowest BCUT2D eigenvalue weighted by Crippen LogP contribution is -2.32. The molecule has 130 valence electrons. The van der Waals surface area contributed by atoms with Gasteiger partial charge in [0.25, 0.3) is 11.8 Å². The second-order valence-corrected chi connectivity index (χ2v) is 6.71. The molecule has 0 fully saturated rings. The molecule has 0 radical (unpaired) electrons. The van der Waals surface area contributed by atoms with E-state index in [1.807, 2.05) is 24.4 Å². The number of amides is 2. The molecule has 1 aliphatic rings. The molecule has 0 aliphatic carbocycles. The van der Waals surface area contributed by atoms with E-state index in [4.69, 9.17) is 10.6 Å². The predicted octanol–water partition coefficient (Wildman–Crippen LogP) is 2.80. The molecule has 3 rings (SSSR count). The van der Waals surface area contributed by atoms with Gasteiger partial charge in [-0.25, -0.2) is 0 Å². The molecule has 1 aliphatic heterocycles. The van der Waals surface area contributed by atoms with Crippen LogP contribution in [0.5, 0.6) is 0 Å².